The molecular formula is C40H52O12. The second-order valence-corrected chi connectivity index (χ2v) is 14.9. The predicted octanol–water partition coefficient (Wildman–Crippen LogP) is 6.36. The van der Waals surface area contributed by atoms with Crippen LogP contribution in [0, 0.1) is 35.5 Å². The smallest absolute Gasteiger partial charge is 0.306 e. The molecule has 2 aromatic carbocycles. The van der Waals surface area contributed by atoms with Gasteiger partial charge < -0.3 is 30.6 Å². The number of carboxylic acid groups (broad SMARTS) is 6. The summed E-state index contributed by atoms with van der Waals surface area (Å²) in [6.45, 7) is 6.19. The van der Waals surface area contributed by atoms with Crippen molar-refractivity contribution in [3.05, 3.63) is 69.8 Å². The monoisotopic (exact) mass is 724 g/mol. The highest BCUT2D eigenvalue weighted by Crippen LogP contribution is 2.37. The van der Waals surface area contributed by atoms with Crippen molar-refractivity contribution in [2.75, 3.05) is 0 Å². The highest BCUT2D eigenvalue weighted by Gasteiger charge is 2.33. The van der Waals surface area contributed by atoms with E-state index in [1.165, 1.54) is 6.92 Å². The lowest BCUT2D eigenvalue weighted by Gasteiger charge is -2.27. The Morgan fingerprint density at radius 2 is 0.731 bits per heavy atom. The molecule has 1 aliphatic carbocycles. The Labute approximate surface area is 303 Å². The van der Waals surface area contributed by atoms with Crippen molar-refractivity contribution in [3.63, 3.8) is 0 Å². The zero-order valence-corrected chi connectivity index (χ0v) is 30.3. The van der Waals surface area contributed by atoms with Crippen LogP contribution in [0.2, 0.25) is 0 Å². The number of hydrogen-bond donors (Lipinski definition) is 6. The number of benzene rings is 2. The molecule has 0 aliphatic heterocycles. The normalized spacial score (nSPS) is 17.3. The Kier molecular flexibility index (Phi) is 15.0. The third-order valence-corrected chi connectivity index (χ3v) is 10.8. The van der Waals surface area contributed by atoms with E-state index in [9.17, 15) is 59.4 Å². The molecule has 0 bridgehead atoms. The first-order valence-electron chi connectivity index (χ1n) is 18.0. The van der Waals surface area contributed by atoms with E-state index in [2.05, 4.69) is 6.07 Å². The fourth-order valence-electron chi connectivity index (χ4n) is 7.42. The topological polar surface area (TPSA) is 224 Å². The summed E-state index contributed by atoms with van der Waals surface area (Å²) in [5.41, 5.74) is 6.06. The molecule has 7 atom stereocenters. The molecule has 0 saturated heterocycles. The van der Waals surface area contributed by atoms with Gasteiger partial charge in [-0.3, -0.25) is 28.8 Å². The molecule has 0 spiro atoms. The highest BCUT2D eigenvalue weighted by atomic mass is 16.4. The van der Waals surface area contributed by atoms with Gasteiger partial charge in [0, 0.05) is 0 Å². The van der Waals surface area contributed by atoms with Gasteiger partial charge in [-0.05, 0) is 109 Å². The molecule has 52 heavy (non-hydrogen) atoms. The van der Waals surface area contributed by atoms with Crippen molar-refractivity contribution in [1.82, 2.24) is 0 Å². The van der Waals surface area contributed by atoms with Gasteiger partial charge in [-0.1, -0.05) is 64.1 Å². The van der Waals surface area contributed by atoms with Gasteiger partial charge >= 0.3 is 35.8 Å². The first kappa shape index (κ1) is 41.7. The van der Waals surface area contributed by atoms with Gasteiger partial charge in [-0.25, -0.2) is 0 Å². The minimum atomic E-state index is -1.27. The molecule has 1 aliphatic rings. The van der Waals surface area contributed by atoms with E-state index in [-0.39, 0.29) is 31.6 Å². The molecule has 0 heterocycles. The van der Waals surface area contributed by atoms with Crippen LogP contribution in [0.25, 0.3) is 0 Å². The van der Waals surface area contributed by atoms with Crippen molar-refractivity contribution < 1.29 is 59.4 Å². The van der Waals surface area contributed by atoms with Crippen LogP contribution in [0.4, 0.5) is 0 Å². The number of rotatable bonds is 20. The molecule has 0 aromatic heterocycles. The summed E-state index contributed by atoms with van der Waals surface area (Å²) in [6, 6.07) is 11.9. The molecule has 0 radical (unpaired) electrons. The van der Waals surface area contributed by atoms with Crippen molar-refractivity contribution in [2.24, 2.45) is 35.5 Å². The van der Waals surface area contributed by atoms with Crippen LogP contribution in [0.5, 0.6) is 0 Å². The second kappa shape index (κ2) is 18.7. The molecule has 12 heteroatoms. The number of carbonyl (C=O) groups is 6. The summed E-state index contributed by atoms with van der Waals surface area (Å²) < 4.78 is 0. The summed E-state index contributed by atoms with van der Waals surface area (Å²) in [5.74, 6) is -12.7. The van der Waals surface area contributed by atoms with Gasteiger partial charge in [0.2, 0.25) is 0 Å². The van der Waals surface area contributed by atoms with Crippen molar-refractivity contribution in [3.8, 4) is 0 Å². The van der Waals surface area contributed by atoms with Gasteiger partial charge in [0.15, 0.2) is 0 Å². The van der Waals surface area contributed by atoms with Crippen molar-refractivity contribution >= 4 is 35.8 Å². The molecule has 3 rings (SSSR count). The molecule has 7 unspecified atom stereocenters. The number of aryl methyl sites for hydroxylation is 4. The van der Waals surface area contributed by atoms with Gasteiger partial charge in [0.25, 0.3) is 0 Å². The van der Waals surface area contributed by atoms with Gasteiger partial charge in [0.05, 0.1) is 35.5 Å². The van der Waals surface area contributed by atoms with E-state index in [0.717, 1.165) is 33.4 Å². The van der Waals surface area contributed by atoms with Gasteiger partial charge in [0.1, 0.15) is 0 Å². The maximum atomic E-state index is 12.4. The van der Waals surface area contributed by atoms with Crippen LogP contribution in [0.3, 0.4) is 0 Å². The second-order valence-electron chi connectivity index (χ2n) is 14.9. The Morgan fingerprint density at radius 3 is 1.08 bits per heavy atom. The lowest BCUT2D eigenvalue weighted by atomic mass is 9.77. The molecule has 284 valence electrons. The van der Waals surface area contributed by atoms with Crippen LogP contribution in [0.15, 0.2) is 36.4 Å². The first-order chi connectivity index (χ1) is 24.4. The van der Waals surface area contributed by atoms with E-state index < -0.39 is 77.2 Å². The lowest BCUT2D eigenvalue weighted by molar-refractivity contribution is -0.148. The average molecular weight is 725 g/mol. The molecule has 0 fully saturated rings. The quantitative estimate of drug-likeness (QED) is 0.0877. The highest BCUT2D eigenvalue weighted by molar-refractivity contribution is 5.75. The third-order valence-electron chi connectivity index (χ3n) is 10.8. The fourth-order valence-corrected chi connectivity index (χ4v) is 7.42. The summed E-state index contributed by atoms with van der Waals surface area (Å²) in [4.78, 5) is 71.1. The SMILES string of the molecule is CC(CC(CC(CC(CC(C)C(=O)O)c1ccc2c(c1)CCc1ccc(C(CC(C)C(=O)O)CC(C)C(=O)O)cc1CC2)C(=O)O)C(=O)O)C(=O)O. The van der Waals surface area contributed by atoms with Gasteiger partial charge in [-0.2, -0.15) is 0 Å². The van der Waals surface area contributed by atoms with Crippen molar-refractivity contribution in [2.45, 2.75) is 104 Å². The first-order valence-corrected chi connectivity index (χ1v) is 18.0. The average Bonchev–Trinajstić information content (AvgIpc) is 3.06. The largest absolute Gasteiger partial charge is 0.481 e. The number of fused-ring (bicyclic) bond motifs is 2. The maximum absolute atomic E-state index is 12.4. The van der Waals surface area contributed by atoms with Crippen LogP contribution >= 0.6 is 0 Å². The fraction of sp³-hybridized carbons (Fsp3) is 0.550. The Balaban J connectivity index is 1.90. The zero-order valence-electron chi connectivity index (χ0n) is 30.3. The Hall–Kier alpha value is -4.74. The molecule has 12 nitrogen and oxygen atoms in total. The third kappa shape index (κ3) is 11.6. The maximum Gasteiger partial charge on any atom is 0.306 e. The number of aliphatic carboxylic acids is 6. The van der Waals surface area contributed by atoms with Crippen LogP contribution in [0.1, 0.15) is 111 Å². The van der Waals surface area contributed by atoms with E-state index in [0.29, 0.717) is 38.5 Å². The Bertz CT molecular complexity index is 1610. The molecule has 6 N–H and O–H groups in total. The van der Waals surface area contributed by atoms with Crippen LogP contribution in [-0.2, 0) is 54.5 Å². The van der Waals surface area contributed by atoms with E-state index in [1.54, 1.807) is 20.8 Å². The molecule has 0 saturated carbocycles. The van der Waals surface area contributed by atoms with Crippen LogP contribution in [-0.4, -0.2) is 66.5 Å². The molecule has 0 amide bonds. The summed E-state index contributed by atoms with van der Waals surface area (Å²) in [6.07, 6.45) is 2.97. The van der Waals surface area contributed by atoms with E-state index in [1.807, 2.05) is 30.3 Å². The predicted molar refractivity (Wildman–Crippen MR) is 190 cm³/mol. The molecular weight excluding hydrogens is 672 g/mol. The lowest BCUT2D eigenvalue weighted by Crippen LogP contribution is -2.28. The van der Waals surface area contributed by atoms with Crippen LogP contribution < -0.4 is 0 Å². The van der Waals surface area contributed by atoms with Crippen molar-refractivity contribution in [1.29, 1.82) is 0 Å². The Morgan fingerprint density at radius 1 is 0.423 bits per heavy atom. The zero-order chi connectivity index (χ0) is 38.9. The van der Waals surface area contributed by atoms with E-state index >= 15 is 0 Å². The summed E-state index contributed by atoms with van der Waals surface area (Å²) in [7, 11) is 0. The minimum absolute atomic E-state index is 0.00919. The summed E-state index contributed by atoms with van der Waals surface area (Å²) in [5, 5.41) is 58.1. The van der Waals surface area contributed by atoms with E-state index in [4.69, 9.17) is 0 Å². The summed E-state index contributed by atoms with van der Waals surface area (Å²) >= 11 is 0. The minimum Gasteiger partial charge on any atom is -0.481 e. The molecule has 2 aromatic rings. The standard InChI is InChI=1S/C40H52O12/c1-21(35(41)42)13-31(14-22(2)36(43)44)29-11-7-25-6-10-28-18-30(12-8-26(28)5-9-27(25)17-29)32(15-23(3)37(45)46)19-34(40(51)52)20-33(39(49)50)16-24(4)38(47)48/h7-8,11-12,17-18,21-24,31-34H,5-6,9-10,13-16,19-20H2,1-4H3,(H,41,42)(H,43,44)(H,45,46)(H,47,48)(H,49,50)(H,51,52). The van der Waals surface area contributed by atoms with Gasteiger partial charge in [-0.15, -0.1) is 0 Å². The number of carboxylic acids is 6. The number of hydrogen-bond acceptors (Lipinski definition) is 6.